The molecule has 36 nitrogen and oxygen atoms in total. The van der Waals surface area contributed by atoms with Crippen molar-refractivity contribution in [3.63, 3.8) is 0 Å². The molecule has 0 radical (unpaired) electrons. The fraction of sp³-hybridized carbons (Fsp3) is 0.531. The molecule has 1 aromatic carbocycles. The topological polar surface area (TPSA) is 431 Å². The number of fused-ring (bicyclic) bond motifs is 7. The molecule has 16 rings (SSSR count). The number of nitrogen functional groups attached to an aromatic ring is 1. The van der Waals surface area contributed by atoms with Crippen LogP contribution in [-0.4, -0.2) is 284 Å². The lowest BCUT2D eigenvalue weighted by atomic mass is 9.78. The van der Waals surface area contributed by atoms with E-state index in [4.69, 9.17) is 49.2 Å². The van der Waals surface area contributed by atoms with Gasteiger partial charge < -0.3 is 83.7 Å². The average molecular weight is 1840 g/mol. The number of ketones is 3. The largest absolute Gasteiger partial charge is 0.460 e. The van der Waals surface area contributed by atoms with Crippen LogP contribution >= 0.6 is 0 Å². The number of piperidine rings is 1. The van der Waals surface area contributed by atoms with Gasteiger partial charge in [-0.25, -0.2) is 59.1 Å². The standard InChI is InChI=1S/C98H122N20O16/c1-58-16-11-10-12-17-59(2)78(129-7)46-73-18-15-27-98(128,134-73)86(122)92(125)117-29-14-13-19-75(117)93(126)132-79(47-76(119)60(3)41-63(6)84(121)85(131-9)83(120)62(5)40-58)61(4)42-64-21-23-77(80(44-64)130-8)133-97(127)116-31-26-74-72(56-116)53-106-96(109-74)114-38-36-113(37-39-114)95-102-49-70(50-103-95)90(123)111-32-34-112(35-33-111)94-104-51-71(52-105-94)91(124)115-30-25-66-43-65(20-22-68(66)55-115)54-118-89-81(87(99)107-57-108-89)82(110-118)69-45-67-24-28-100-88(67)101-48-69/h10-12,16-17,20,22,24,28,41,43,45,48-53,57-58,60-62,64,73,75,77-80,84-85,121,128H,13-15,18-19,21,23,25-27,29-40,42,44,46-47,54-56H2,1-9H3,(H,100,101)(H2,99,107,108)/b12-10+,16-11+,59-17+,63-41+/t58-,60-,61-,62-,64+,73+,75+,77-,78+,79+,80-,84-,85+,98-/m1/s1. The molecule has 8 aliphatic rings. The van der Waals surface area contributed by atoms with Gasteiger partial charge in [0.2, 0.25) is 23.6 Å². The van der Waals surface area contributed by atoms with E-state index in [1.54, 1.807) is 88.0 Å². The molecule has 7 aliphatic heterocycles. The van der Waals surface area contributed by atoms with Crippen molar-refractivity contribution >= 4 is 92.9 Å². The van der Waals surface area contributed by atoms with Gasteiger partial charge in [0.05, 0.1) is 53.6 Å². The van der Waals surface area contributed by atoms with E-state index in [2.05, 4.69) is 67.9 Å². The van der Waals surface area contributed by atoms with Crippen LogP contribution in [0.15, 0.2) is 128 Å². The lowest BCUT2D eigenvalue weighted by Gasteiger charge is -2.40. The maximum absolute atomic E-state index is 14.8. The van der Waals surface area contributed by atoms with Crippen LogP contribution in [0.3, 0.4) is 0 Å². The van der Waals surface area contributed by atoms with Crippen molar-refractivity contribution in [1.29, 1.82) is 0 Å². The molecule has 2 bridgehead atoms. The number of anilines is 4. The fourth-order valence-corrected chi connectivity index (χ4v) is 20.1. The van der Waals surface area contributed by atoms with Crippen LogP contribution in [0.25, 0.3) is 33.3 Å². The third kappa shape index (κ3) is 21.4. The molecule has 5 fully saturated rings. The number of methoxy groups -OCH3 is 3. The highest BCUT2D eigenvalue weighted by Gasteiger charge is 2.50. The molecule has 134 heavy (non-hydrogen) atoms. The Hall–Kier alpha value is -12.2. The number of aromatic nitrogens is 12. The van der Waals surface area contributed by atoms with Gasteiger partial charge in [0, 0.05) is 197 Å². The number of aliphatic hydroxyl groups excluding tert-OH is 1. The molecule has 710 valence electrons. The van der Waals surface area contributed by atoms with Gasteiger partial charge in [-0.2, -0.15) is 5.10 Å². The first-order valence-corrected chi connectivity index (χ1v) is 47.0. The number of piperazine rings is 2. The molecule has 5 N–H and O–H groups in total. The van der Waals surface area contributed by atoms with E-state index >= 15 is 0 Å². The summed E-state index contributed by atoms with van der Waals surface area (Å²) in [4.78, 5) is 172. The molecule has 1 saturated carbocycles. The number of aromatic amines is 1. The summed E-state index contributed by atoms with van der Waals surface area (Å²) < 4.78 is 38.3. The van der Waals surface area contributed by atoms with Gasteiger partial charge in [0.15, 0.2) is 11.4 Å². The first-order valence-electron chi connectivity index (χ1n) is 47.0. The van der Waals surface area contributed by atoms with E-state index in [-0.39, 0.29) is 74.0 Å². The molecular weight excluding hydrogens is 1710 g/mol. The highest BCUT2D eigenvalue weighted by Crippen LogP contribution is 2.40. The van der Waals surface area contributed by atoms with Crippen molar-refractivity contribution in [2.45, 2.75) is 212 Å². The quantitative estimate of drug-likeness (QED) is 0.0421. The zero-order chi connectivity index (χ0) is 94.2. The number of Topliss-reactive ketones (excluding diaryl/α,β-unsaturated/α-hetero) is 3. The van der Waals surface area contributed by atoms with Crippen LogP contribution in [0.2, 0.25) is 0 Å². The monoisotopic (exact) mass is 1830 g/mol. The molecule has 1 aliphatic carbocycles. The summed E-state index contributed by atoms with van der Waals surface area (Å²) >= 11 is 0. The third-order valence-electron chi connectivity index (χ3n) is 28.0. The number of carbonyl (C=O) groups excluding carboxylic acids is 8. The summed E-state index contributed by atoms with van der Waals surface area (Å²) in [6.45, 7) is 17.1. The number of carbonyl (C=O) groups is 8. The number of benzene rings is 1. The van der Waals surface area contributed by atoms with Gasteiger partial charge in [-0.05, 0) is 142 Å². The minimum Gasteiger partial charge on any atom is -0.460 e. The third-order valence-corrected chi connectivity index (χ3v) is 28.0. The number of allylic oxidation sites excluding steroid dienone is 6. The van der Waals surface area contributed by atoms with E-state index in [0.29, 0.717) is 206 Å². The number of cyclic esters (lactones) is 1. The Kier molecular flexibility index (Phi) is 29.9. The molecule has 4 saturated heterocycles. The Morgan fingerprint density at radius 2 is 1.37 bits per heavy atom. The van der Waals surface area contributed by atoms with Crippen LogP contribution in [-0.2, 0) is 84.9 Å². The second kappa shape index (κ2) is 42.1. The number of nitrogens with zero attached hydrogens (tertiary/aromatic N) is 18. The van der Waals surface area contributed by atoms with Crippen LogP contribution in [0.5, 0.6) is 0 Å². The highest BCUT2D eigenvalue weighted by molar-refractivity contribution is 6.39. The van der Waals surface area contributed by atoms with Gasteiger partial charge in [-0.15, -0.1) is 0 Å². The molecule has 7 aromatic heterocycles. The minimum atomic E-state index is -2.45. The van der Waals surface area contributed by atoms with Crippen LogP contribution in [0, 0.1) is 29.6 Å². The van der Waals surface area contributed by atoms with Gasteiger partial charge in [-0.1, -0.05) is 82.4 Å². The molecule has 14 heterocycles. The van der Waals surface area contributed by atoms with Crippen molar-refractivity contribution < 1.29 is 77.0 Å². The van der Waals surface area contributed by atoms with Gasteiger partial charge in [0.25, 0.3) is 23.5 Å². The van der Waals surface area contributed by atoms with E-state index in [0.717, 1.165) is 50.1 Å². The van der Waals surface area contributed by atoms with Crippen molar-refractivity contribution in [1.82, 2.24) is 79.2 Å². The van der Waals surface area contributed by atoms with Crippen molar-refractivity contribution in [3.05, 3.63) is 167 Å². The lowest BCUT2D eigenvalue weighted by Crippen LogP contribution is -2.58. The second-order valence-corrected chi connectivity index (χ2v) is 37.2. The molecule has 8 aromatic rings. The fourth-order valence-electron chi connectivity index (χ4n) is 20.1. The number of nitrogens with two attached hydrogens (primary N) is 1. The number of nitrogens with one attached hydrogen (secondary N) is 1. The normalized spacial score (nSPS) is 27.5. The molecular formula is C98H122N20O16. The zero-order valence-corrected chi connectivity index (χ0v) is 77.7. The predicted octanol–water partition coefficient (Wildman–Crippen LogP) is 9.31. The van der Waals surface area contributed by atoms with E-state index in [1.165, 1.54) is 18.3 Å². The van der Waals surface area contributed by atoms with Gasteiger partial charge >= 0.3 is 12.1 Å². The molecule has 0 unspecified atom stereocenters. The summed E-state index contributed by atoms with van der Waals surface area (Å²) in [6, 6.07) is 9.06. The lowest BCUT2D eigenvalue weighted by molar-refractivity contribution is -0.245. The second-order valence-electron chi connectivity index (χ2n) is 37.2. The molecule has 14 atom stereocenters. The molecule has 4 amide bonds. The van der Waals surface area contributed by atoms with Crippen LogP contribution in [0.4, 0.5) is 28.5 Å². The van der Waals surface area contributed by atoms with Crippen LogP contribution < -0.4 is 20.4 Å². The Morgan fingerprint density at radius 3 is 2.10 bits per heavy atom. The number of rotatable bonds is 15. The van der Waals surface area contributed by atoms with Crippen molar-refractivity contribution in [2.24, 2.45) is 29.6 Å². The summed E-state index contributed by atoms with van der Waals surface area (Å²) in [5.74, 6) is -6.35. The SMILES string of the molecule is CO[C@H]1C[C@@H]2CCC[C@@](O)(O2)C(=O)C(=O)N2CCCC[C@H]2C(=O)O[C@H]([C@H](C)C[C@@H]2CC[C@@H](OC(=O)N3CCc4nc(N5CCN(c6ncc(C(=O)N7CCN(c8ncc(C(=O)N9CCc%10cc(Cn%11nc(-c%12cnc%13[nH]ccc%13c%12)c%12c(N)ncnc%12%11)ccc%10C9)cn8)CC7)cn6)CC5)ncc4C3)[C@H](OC)C2)CC(=O)[C@H](C)/C=C(\C)[C@@H](O)[C@@H](OC)C(=O)[C@H](C)C[C@H](C)/C=C/C=C/C=C/1C. The smallest absolute Gasteiger partial charge is 0.410 e. The van der Waals surface area contributed by atoms with E-state index in [1.807, 2.05) is 84.0 Å². The number of hydrogen-bond donors (Lipinski definition) is 4. The Bertz CT molecular complexity index is 5750. The molecule has 36 heteroatoms. The summed E-state index contributed by atoms with van der Waals surface area (Å²) in [7, 11) is 4.52. The van der Waals surface area contributed by atoms with Crippen LogP contribution in [0.1, 0.15) is 174 Å². The molecule has 0 spiro atoms. The summed E-state index contributed by atoms with van der Waals surface area (Å²) in [6.07, 6.45) is 23.6. The van der Waals surface area contributed by atoms with E-state index < -0.39 is 96.1 Å². The highest BCUT2D eigenvalue weighted by atomic mass is 16.6. The Labute approximate surface area is 778 Å². The zero-order valence-electron chi connectivity index (χ0n) is 77.7. The first kappa shape index (κ1) is 95.0. The Morgan fingerprint density at radius 1 is 0.672 bits per heavy atom. The number of aliphatic hydroxyl groups is 2. The number of amides is 4. The van der Waals surface area contributed by atoms with Gasteiger partial charge in [-0.3, -0.25) is 28.8 Å². The summed E-state index contributed by atoms with van der Waals surface area (Å²) in [5.41, 5.74) is 16.2. The maximum Gasteiger partial charge on any atom is 0.410 e. The Balaban J connectivity index is 0.485. The predicted molar refractivity (Wildman–Crippen MR) is 496 cm³/mol. The van der Waals surface area contributed by atoms with E-state index in [9.17, 15) is 48.6 Å². The number of ether oxygens (including phenoxy) is 6. The first-order chi connectivity index (χ1) is 64.7. The number of pyridine rings is 1. The summed E-state index contributed by atoms with van der Waals surface area (Å²) in [5, 5.41) is 30.3. The minimum absolute atomic E-state index is 0.0228. The van der Waals surface area contributed by atoms with Gasteiger partial charge in [0.1, 0.15) is 59.7 Å². The maximum atomic E-state index is 14.8. The average Bonchev–Trinajstić information content (AvgIpc) is 1.57. The number of H-pyrrole nitrogens is 1. The van der Waals surface area contributed by atoms with Crippen molar-refractivity contribution in [3.8, 4) is 11.3 Å². The number of hydrogen-bond acceptors (Lipinski definition) is 30. The van der Waals surface area contributed by atoms with Crippen molar-refractivity contribution in [2.75, 3.05) is 114 Å². The number of esters is 1.